The van der Waals surface area contributed by atoms with Gasteiger partial charge in [0.15, 0.2) is 0 Å². The summed E-state index contributed by atoms with van der Waals surface area (Å²) in [5.41, 5.74) is 2.03. The largest absolute Gasteiger partial charge is 0.466 e. The Bertz CT molecular complexity index is 463. The van der Waals surface area contributed by atoms with Gasteiger partial charge in [-0.15, -0.1) is 0 Å². The van der Waals surface area contributed by atoms with Crippen LogP contribution in [0.15, 0.2) is 45.5 Å². The van der Waals surface area contributed by atoms with Crippen LogP contribution in [0.1, 0.15) is 29.9 Å². The van der Waals surface area contributed by atoms with E-state index in [9.17, 15) is 5.11 Å². The lowest BCUT2D eigenvalue weighted by Crippen LogP contribution is -2.02. The van der Waals surface area contributed by atoms with Crippen LogP contribution in [0.5, 0.6) is 0 Å². The van der Waals surface area contributed by atoms with E-state index in [1.807, 2.05) is 18.2 Å². The molecule has 1 N–H and O–H groups in total. The van der Waals surface area contributed by atoms with Crippen molar-refractivity contribution in [3.63, 3.8) is 0 Å². The van der Waals surface area contributed by atoms with Crippen molar-refractivity contribution in [3.8, 4) is 0 Å². The fourth-order valence-electron chi connectivity index (χ4n) is 1.74. The average molecular weight is 281 g/mol. The van der Waals surface area contributed by atoms with Crippen molar-refractivity contribution in [1.82, 2.24) is 0 Å². The van der Waals surface area contributed by atoms with Crippen LogP contribution in [0.3, 0.4) is 0 Å². The number of rotatable bonds is 3. The first kappa shape index (κ1) is 11.4. The maximum Gasteiger partial charge on any atom is 0.137 e. The van der Waals surface area contributed by atoms with E-state index >= 15 is 0 Å². The lowest BCUT2D eigenvalue weighted by atomic mass is 9.99. The molecule has 2 nitrogen and oxygen atoms in total. The summed E-state index contributed by atoms with van der Waals surface area (Å²) in [4.78, 5) is 0. The van der Waals surface area contributed by atoms with Crippen molar-refractivity contribution in [2.45, 2.75) is 19.4 Å². The second-order valence-corrected chi connectivity index (χ2v) is 4.53. The molecule has 0 saturated heterocycles. The van der Waals surface area contributed by atoms with Crippen LogP contribution in [-0.2, 0) is 6.42 Å². The number of hydrogen-bond acceptors (Lipinski definition) is 2. The Morgan fingerprint density at radius 2 is 2.19 bits per heavy atom. The summed E-state index contributed by atoms with van der Waals surface area (Å²) >= 11 is 3.42. The molecule has 0 amide bonds. The summed E-state index contributed by atoms with van der Waals surface area (Å²) in [6.45, 7) is 2.07. The van der Waals surface area contributed by atoms with E-state index in [4.69, 9.17) is 4.42 Å². The highest BCUT2D eigenvalue weighted by molar-refractivity contribution is 9.10. The van der Waals surface area contributed by atoms with Gasteiger partial charge in [0.2, 0.25) is 0 Å². The van der Waals surface area contributed by atoms with Gasteiger partial charge in [-0.05, 0) is 41.8 Å². The standard InChI is InChI=1S/C13H13BrO2/c1-2-9-5-6-10(14)8-11(9)13(15)12-4-3-7-16-12/h3-8,13,15H,2H2,1H3. The molecule has 1 unspecified atom stereocenters. The molecule has 0 spiro atoms. The van der Waals surface area contributed by atoms with Crippen LogP contribution in [0.4, 0.5) is 0 Å². The Hall–Kier alpha value is -1.06. The average Bonchev–Trinajstić information content (AvgIpc) is 2.81. The highest BCUT2D eigenvalue weighted by atomic mass is 79.9. The van der Waals surface area contributed by atoms with Gasteiger partial charge >= 0.3 is 0 Å². The summed E-state index contributed by atoms with van der Waals surface area (Å²) < 4.78 is 6.19. The van der Waals surface area contributed by atoms with Crippen molar-refractivity contribution in [3.05, 3.63) is 58.0 Å². The molecule has 0 aliphatic carbocycles. The molecule has 1 heterocycles. The van der Waals surface area contributed by atoms with E-state index < -0.39 is 6.10 Å². The molecule has 0 aliphatic rings. The molecule has 0 fully saturated rings. The van der Waals surface area contributed by atoms with Crippen molar-refractivity contribution in [2.75, 3.05) is 0 Å². The van der Waals surface area contributed by atoms with Crippen molar-refractivity contribution >= 4 is 15.9 Å². The predicted octanol–water partition coefficient (Wildman–Crippen LogP) is 3.69. The fourth-order valence-corrected chi connectivity index (χ4v) is 2.12. The Balaban J connectivity index is 2.42. The van der Waals surface area contributed by atoms with Gasteiger partial charge in [0.05, 0.1) is 6.26 Å². The minimum Gasteiger partial charge on any atom is -0.466 e. The van der Waals surface area contributed by atoms with Gasteiger partial charge in [0.25, 0.3) is 0 Å². The molecular formula is C13H13BrO2. The lowest BCUT2D eigenvalue weighted by molar-refractivity contribution is 0.188. The van der Waals surface area contributed by atoms with Crippen LogP contribution in [0.25, 0.3) is 0 Å². The van der Waals surface area contributed by atoms with Gasteiger partial charge in [0, 0.05) is 4.47 Å². The summed E-state index contributed by atoms with van der Waals surface area (Å²) in [6, 6.07) is 9.50. The number of aliphatic hydroxyl groups is 1. The number of aliphatic hydroxyl groups excluding tert-OH is 1. The Kier molecular flexibility index (Phi) is 3.46. The van der Waals surface area contributed by atoms with E-state index in [0.717, 1.165) is 22.0 Å². The highest BCUT2D eigenvalue weighted by Gasteiger charge is 2.16. The van der Waals surface area contributed by atoms with Crippen molar-refractivity contribution in [2.24, 2.45) is 0 Å². The molecule has 3 heteroatoms. The predicted molar refractivity (Wildman–Crippen MR) is 66.3 cm³/mol. The Morgan fingerprint density at radius 3 is 2.81 bits per heavy atom. The van der Waals surface area contributed by atoms with Crippen LogP contribution < -0.4 is 0 Å². The molecule has 0 saturated carbocycles. The molecule has 0 bridgehead atoms. The molecule has 2 rings (SSSR count). The third-order valence-electron chi connectivity index (χ3n) is 2.60. The second-order valence-electron chi connectivity index (χ2n) is 3.61. The normalized spacial score (nSPS) is 12.7. The quantitative estimate of drug-likeness (QED) is 0.930. The van der Waals surface area contributed by atoms with Gasteiger partial charge in [-0.1, -0.05) is 28.9 Å². The van der Waals surface area contributed by atoms with E-state index in [1.54, 1.807) is 18.4 Å². The first-order valence-electron chi connectivity index (χ1n) is 5.22. The fraction of sp³-hybridized carbons (Fsp3) is 0.231. The SMILES string of the molecule is CCc1ccc(Br)cc1C(O)c1ccco1. The third-order valence-corrected chi connectivity index (χ3v) is 3.09. The van der Waals surface area contributed by atoms with E-state index in [0.29, 0.717) is 5.76 Å². The maximum absolute atomic E-state index is 10.2. The summed E-state index contributed by atoms with van der Waals surface area (Å²) in [5, 5.41) is 10.2. The zero-order valence-electron chi connectivity index (χ0n) is 8.98. The van der Waals surface area contributed by atoms with E-state index in [2.05, 4.69) is 22.9 Å². The van der Waals surface area contributed by atoms with Crippen LogP contribution in [0, 0.1) is 0 Å². The van der Waals surface area contributed by atoms with Gasteiger partial charge < -0.3 is 9.52 Å². The van der Waals surface area contributed by atoms with Crippen LogP contribution in [-0.4, -0.2) is 5.11 Å². The zero-order chi connectivity index (χ0) is 11.5. The molecule has 84 valence electrons. The molecule has 1 atom stereocenters. The number of hydrogen-bond donors (Lipinski definition) is 1. The summed E-state index contributed by atoms with van der Waals surface area (Å²) in [5.74, 6) is 0.577. The zero-order valence-corrected chi connectivity index (χ0v) is 10.6. The monoisotopic (exact) mass is 280 g/mol. The number of aryl methyl sites for hydroxylation is 1. The number of halogens is 1. The first-order valence-corrected chi connectivity index (χ1v) is 6.01. The van der Waals surface area contributed by atoms with Crippen molar-refractivity contribution < 1.29 is 9.52 Å². The van der Waals surface area contributed by atoms with E-state index in [1.165, 1.54) is 0 Å². The summed E-state index contributed by atoms with van der Waals surface area (Å²) in [6.07, 6.45) is 1.77. The Morgan fingerprint density at radius 1 is 1.38 bits per heavy atom. The minimum atomic E-state index is -0.692. The van der Waals surface area contributed by atoms with Gasteiger partial charge in [-0.25, -0.2) is 0 Å². The number of furan rings is 1. The minimum absolute atomic E-state index is 0.577. The van der Waals surface area contributed by atoms with Gasteiger partial charge in [-0.2, -0.15) is 0 Å². The number of benzene rings is 1. The topological polar surface area (TPSA) is 33.4 Å². The smallest absolute Gasteiger partial charge is 0.137 e. The van der Waals surface area contributed by atoms with Crippen molar-refractivity contribution in [1.29, 1.82) is 0 Å². The maximum atomic E-state index is 10.2. The highest BCUT2D eigenvalue weighted by Crippen LogP contribution is 2.28. The third kappa shape index (κ3) is 2.20. The molecule has 2 aromatic rings. The lowest BCUT2D eigenvalue weighted by Gasteiger charge is -2.13. The van der Waals surface area contributed by atoms with E-state index in [-0.39, 0.29) is 0 Å². The van der Waals surface area contributed by atoms with Crippen LogP contribution in [0.2, 0.25) is 0 Å². The Labute approximate surface area is 103 Å². The van der Waals surface area contributed by atoms with Crippen LogP contribution >= 0.6 is 15.9 Å². The molecule has 0 aliphatic heterocycles. The molecule has 1 aromatic carbocycles. The first-order chi connectivity index (χ1) is 7.72. The molecule has 16 heavy (non-hydrogen) atoms. The molecular weight excluding hydrogens is 268 g/mol. The molecule has 0 radical (unpaired) electrons. The van der Waals surface area contributed by atoms with Gasteiger partial charge in [0.1, 0.15) is 11.9 Å². The van der Waals surface area contributed by atoms with Gasteiger partial charge in [-0.3, -0.25) is 0 Å². The summed E-state index contributed by atoms with van der Waals surface area (Å²) in [7, 11) is 0. The molecule has 1 aromatic heterocycles. The second kappa shape index (κ2) is 4.85.